The van der Waals surface area contributed by atoms with E-state index in [0.717, 1.165) is 24.8 Å². The van der Waals surface area contributed by atoms with Crippen molar-refractivity contribution in [1.29, 1.82) is 0 Å². The zero-order valence-corrected chi connectivity index (χ0v) is 13.9. The Labute approximate surface area is 144 Å². The van der Waals surface area contributed by atoms with Crippen LogP contribution in [-0.4, -0.2) is 43.2 Å². The standard InChI is InChI=1S/C18H22F4N2O/c19-15-4-2-14(3-5-15)17(7-1-8-17)16(25)23-10-13-6-9-24(11-13)12-18(20,21)22/h2-5,13H,1,6-12H2,(H,23,25). The number of rotatable bonds is 5. The molecule has 7 heteroatoms. The number of nitrogens with zero attached hydrogens (tertiary/aromatic N) is 1. The molecule has 1 aliphatic carbocycles. The van der Waals surface area contributed by atoms with E-state index in [2.05, 4.69) is 5.32 Å². The number of hydrogen-bond donors (Lipinski definition) is 1. The van der Waals surface area contributed by atoms with Crippen LogP contribution < -0.4 is 5.32 Å². The number of amides is 1. The van der Waals surface area contributed by atoms with Gasteiger partial charge >= 0.3 is 6.18 Å². The molecule has 1 heterocycles. The second-order valence-corrected chi connectivity index (χ2v) is 7.16. The predicted molar refractivity (Wildman–Crippen MR) is 85.5 cm³/mol. The Morgan fingerprint density at radius 1 is 1.24 bits per heavy atom. The number of benzene rings is 1. The van der Waals surface area contributed by atoms with Crippen LogP contribution in [0.25, 0.3) is 0 Å². The molecule has 2 fully saturated rings. The number of carbonyl (C=O) groups excluding carboxylic acids is 1. The maximum atomic E-state index is 13.1. The number of nitrogens with one attached hydrogen (secondary N) is 1. The summed E-state index contributed by atoms with van der Waals surface area (Å²) in [6, 6.07) is 6.01. The fraction of sp³-hybridized carbons (Fsp3) is 0.611. The van der Waals surface area contributed by atoms with E-state index in [9.17, 15) is 22.4 Å². The summed E-state index contributed by atoms with van der Waals surface area (Å²) < 4.78 is 50.4. The fourth-order valence-electron chi connectivity index (χ4n) is 3.83. The molecule has 1 aliphatic heterocycles. The minimum atomic E-state index is -4.18. The van der Waals surface area contributed by atoms with Gasteiger partial charge in [0, 0.05) is 13.1 Å². The van der Waals surface area contributed by atoms with E-state index in [1.807, 2.05) is 0 Å². The third kappa shape index (κ3) is 4.14. The third-order valence-corrected chi connectivity index (χ3v) is 5.36. The second-order valence-electron chi connectivity index (χ2n) is 7.16. The summed E-state index contributed by atoms with van der Waals surface area (Å²) in [7, 11) is 0. The summed E-state index contributed by atoms with van der Waals surface area (Å²) in [4.78, 5) is 14.1. The molecule has 0 radical (unpaired) electrons. The van der Waals surface area contributed by atoms with Crippen molar-refractivity contribution in [2.24, 2.45) is 5.92 Å². The van der Waals surface area contributed by atoms with E-state index in [1.54, 1.807) is 12.1 Å². The highest BCUT2D eigenvalue weighted by molar-refractivity contribution is 5.89. The lowest BCUT2D eigenvalue weighted by molar-refractivity contribution is -0.144. The molecule has 0 bridgehead atoms. The summed E-state index contributed by atoms with van der Waals surface area (Å²) >= 11 is 0. The first-order valence-corrected chi connectivity index (χ1v) is 8.62. The topological polar surface area (TPSA) is 32.3 Å². The number of likely N-dealkylation sites (tertiary alicyclic amines) is 1. The van der Waals surface area contributed by atoms with E-state index in [1.165, 1.54) is 17.0 Å². The van der Waals surface area contributed by atoms with Crippen LogP contribution in [0.3, 0.4) is 0 Å². The lowest BCUT2D eigenvalue weighted by Gasteiger charge is -2.41. The quantitative estimate of drug-likeness (QED) is 0.820. The second kappa shape index (κ2) is 6.94. The van der Waals surface area contributed by atoms with Gasteiger partial charge in [0.1, 0.15) is 5.82 Å². The molecule has 0 aromatic heterocycles. The Morgan fingerprint density at radius 3 is 2.48 bits per heavy atom. The van der Waals surface area contributed by atoms with Crippen LogP contribution >= 0.6 is 0 Å². The molecular formula is C18H22F4N2O. The van der Waals surface area contributed by atoms with Crippen molar-refractivity contribution < 1.29 is 22.4 Å². The minimum absolute atomic E-state index is 0.0386. The normalized spacial score (nSPS) is 23.3. The Bertz CT molecular complexity index is 610. The molecule has 1 aromatic rings. The highest BCUT2D eigenvalue weighted by atomic mass is 19.4. The minimum Gasteiger partial charge on any atom is -0.355 e. The molecular weight excluding hydrogens is 336 g/mol. The number of hydrogen-bond acceptors (Lipinski definition) is 2. The molecule has 1 aromatic carbocycles. The molecule has 1 unspecified atom stereocenters. The van der Waals surface area contributed by atoms with Gasteiger partial charge in [0.05, 0.1) is 12.0 Å². The van der Waals surface area contributed by atoms with Gasteiger partial charge in [-0.25, -0.2) is 4.39 Å². The van der Waals surface area contributed by atoms with Crippen molar-refractivity contribution in [3.63, 3.8) is 0 Å². The molecule has 1 atom stereocenters. The molecule has 2 aliphatic rings. The first-order chi connectivity index (χ1) is 11.8. The maximum Gasteiger partial charge on any atom is 0.401 e. The number of carbonyl (C=O) groups is 1. The Balaban J connectivity index is 1.54. The fourth-order valence-corrected chi connectivity index (χ4v) is 3.83. The molecule has 25 heavy (non-hydrogen) atoms. The lowest BCUT2D eigenvalue weighted by Crippen LogP contribution is -2.50. The highest BCUT2D eigenvalue weighted by Gasteiger charge is 2.45. The van der Waals surface area contributed by atoms with Crippen molar-refractivity contribution in [1.82, 2.24) is 10.2 Å². The molecule has 3 nitrogen and oxygen atoms in total. The van der Waals surface area contributed by atoms with Crippen LogP contribution in [-0.2, 0) is 10.2 Å². The van der Waals surface area contributed by atoms with Crippen LogP contribution in [0.4, 0.5) is 17.6 Å². The van der Waals surface area contributed by atoms with Crippen LogP contribution in [0.5, 0.6) is 0 Å². The van der Waals surface area contributed by atoms with Gasteiger partial charge in [-0.3, -0.25) is 9.69 Å². The Hall–Kier alpha value is -1.63. The summed E-state index contributed by atoms with van der Waals surface area (Å²) in [5, 5.41) is 2.92. The van der Waals surface area contributed by atoms with Gasteiger partial charge in [-0.05, 0) is 49.4 Å². The van der Waals surface area contributed by atoms with Crippen LogP contribution in [0.1, 0.15) is 31.2 Å². The summed E-state index contributed by atoms with van der Waals surface area (Å²) in [6.07, 6.45) is -1.16. The third-order valence-electron chi connectivity index (χ3n) is 5.36. The smallest absolute Gasteiger partial charge is 0.355 e. The largest absolute Gasteiger partial charge is 0.401 e. The zero-order chi connectivity index (χ0) is 18.1. The number of halogens is 4. The van der Waals surface area contributed by atoms with Gasteiger partial charge < -0.3 is 5.32 Å². The van der Waals surface area contributed by atoms with Crippen LogP contribution in [0.2, 0.25) is 0 Å². The van der Waals surface area contributed by atoms with E-state index < -0.39 is 18.1 Å². The van der Waals surface area contributed by atoms with Gasteiger partial charge in [-0.15, -0.1) is 0 Å². The summed E-state index contributed by atoms with van der Waals surface area (Å²) in [6.45, 7) is 0.250. The van der Waals surface area contributed by atoms with Crippen molar-refractivity contribution in [2.45, 2.75) is 37.3 Å². The average molecular weight is 358 g/mol. The van der Waals surface area contributed by atoms with E-state index >= 15 is 0 Å². The van der Waals surface area contributed by atoms with Gasteiger partial charge in [0.15, 0.2) is 0 Å². The molecule has 3 rings (SSSR count). The average Bonchev–Trinajstić information content (AvgIpc) is 2.91. The van der Waals surface area contributed by atoms with Gasteiger partial charge in [0.2, 0.25) is 5.91 Å². The molecule has 138 valence electrons. The van der Waals surface area contributed by atoms with Gasteiger partial charge in [-0.2, -0.15) is 13.2 Å². The first kappa shape index (κ1) is 18.2. The van der Waals surface area contributed by atoms with E-state index in [0.29, 0.717) is 26.1 Å². The predicted octanol–water partition coefficient (Wildman–Crippen LogP) is 3.25. The SMILES string of the molecule is O=C(NCC1CCN(CC(F)(F)F)C1)C1(c2ccc(F)cc2)CCC1. The molecule has 1 N–H and O–H groups in total. The molecule has 0 spiro atoms. The van der Waals surface area contributed by atoms with Crippen LogP contribution in [0.15, 0.2) is 24.3 Å². The lowest BCUT2D eigenvalue weighted by atomic mass is 9.64. The maximum absolute atomic E-state index is 13.1. The molecule has 1 amide bonds. The number of alkyl halides is 3. The Morgan fingerprint density at radius 2 is 1.92 bits per heavy atom. The molecule has 1 saturated heterocycles. The van der Waals surface area contributed by atoms with E-state index in [4.69, 9.17) is 0 Å². The van der Waals surface area contributed by atoms with Gasteiger partial charge in [0.25, 0.3) is 0 Å². The van der Waals surface area contributed by atoms with Crippen molar-refractivity contribution in [3.05, 3.63) is 35.6 Å². The highest BCUT2D eigenvalue weighted by Crippen LogP contribution is 2.44. The monoisotopic (exact) mass is 358 g/mol. The van der Waals surface area contributed by atoms with Crippen LogP contribution in [0, 0.1) is 11.7 Å². The first-order valence-electron chi connectivity index (χ1n) is 8.62. The van der Waals surface area contributed by atoms with Crippen molar-refractivity contribution in [2.75, 3.05) is 26.2 Å². The summed E-state index contributed by atoms with van der Waals surface area (Å²) in [5.41, 5.74) is 0.195. The zero-order valence-electron chi connectivity index (χ0n) is 13.9. The van der Waals surface area contributed by atoms with E-state index in [-0.39, 0.29) is 17.6 Å². The van der Waals surface area contributed by atoms with Crippen molar-refractivity contribution >= 4 is 5.91 Å². The van der Waals surface area contributed by atoms with Gasteiger partial charge in [-0.1, -0.05) is 18.6 Å². The summed E-state index contributed by atoms with van der Waals surface area (Å²) in [5.74, 6) is -0.398. The molecule has 1 saturated carbocycles. The Kier molecular flexibility index (Phi) is 5.04. The van der Waals surface area contributed by atoms with Crippen molar-refractivity contribution in [3.8, 4) is 0 Å².